The second-order valence-electron chi connectivity index (χ2n) is 3.38. The minimum Gasteiger partial charge on any atom is -0.364 e. The Labute approximate surface area is 99.0 Å². The fourth-order valence-electron chi connectivity index (χ4n) is 1.18. The highest BCUT2D eigenvalue weighted by atomic mass is 32.1. The molecule has 0 atom stereocenters. The quantitative estimate of drug-likeness (QED) is 0.699. The Balaban J connectivity index is 2.04. The summed E-state index contributed by atoms with van der Waals surface area (Å²) in [6.07, 6.45) is 5.09. The van der Waals surface area contributed by atoms with E-state index < -0.39 is 0 Å². The van der Waals surface area contributed by atoms with Crippen LogP contribution in [-0.4, -0.2) is 22.7 Å². The zero-order chi connectivity index (χ0) is 11.8. The van der Waals surface area contributed by atoms with Gasteiger partial charge in [-0.1, -0.05) is 5.16 Å². The molecule has 1 amide bonds. The number of rotatable bonds is 7. The molecule has 1 aromatic rings. The highest BCUT2D eigenvalue weighted by Gasteiger charge is 2.03. The van der Waals surface area contributed by atoms with Crippen LogP contribution >= 0.6 is 12.6 Å². The topological polar surface area (TPSA) is 72.2 Å². The molecular formula is C10H14N2O3S. The van der Waals surface area contributed by atoms with Crippen LogP contribution in [0.2, 0.25) is 0 Å². The van der Waals surface area contributed by atoms with Crippen LogP contribution in [0.1, 0.15) is 24.8 Å². The molecule has 0 bridgehead atoms. The van der Waals surface area contributed by atoms with Crippen LogP contribution in [0.3, 0.4) is 0 Å². The molecule has 0 fully saturated rings. The number of amides is 1. The molecule has 88 valence electrons. The molecule has 1 aromatic heterocycles. The van der Waals surface area contributed by atoms with E-state index in [1.165, 1.54) is 0 Å². The van der Waals surface area contributed by atoms with Crippen LogP contribution in [0.25, 0.3) is 0 Å². The summed E-state index contributed by atoms with van der Waals surface area (Å²) < 4.78 is 4.65. The first-order valence-corrected chi connectivity index (χ1v) is 5.50. The second-order valence-corrected chi connectivity index (χ2v) is 3.88. The second kappa shape index (κ2) is 7.05. The highest BCUT2D eigenvalue weighted by molar-refractivity contribution is 7.96. The average Bonchev–Trinajstić information content (AvgIpc) is 2.70. The van der Waals surface area contributed by atoms with Gasteiger partial charge in [-0.2, -0.15) is 0 Å². The van der Waals surface area contributed by atoms with E-state index in [2.05, 4.69) is 27.6 Å². The molecule has 0 saturated carbocycles. The standard InChI is InChI=1S/C10H14N2O3S/c13-9(2-1-3-10(14)16)11-5-4-8-6-12-15-7-8/h6-7H,1-5H2,(H,11,13)(H,14,16). The molecule has 0 radical (unpaired) electrons. The maximum atomic E-state index is 11.3. The van der Waals surface area contributed by atoms with Crippen molar-refractivity contribution in [3.8, 4) is 0 Å². The van der Waals surface area contributed by atoms with Gasteiger partial charge in [0.05, 0.1) is 6.20 Å². The average molecular weight is 242 g/mol. The Bertz CT molecular complexity index is 338. The van der Waals surface area contributed by atoms with Crippen molar-refractivity contribution in [3.05, 3.63) is 18.0 Å². The van der Waals surface area contributed by atoms with Crippen molar-refractivity contribution in [2.45, 2.75) is 25.7 Å². The Hall–Kier alpha value is -1.30. The molecule has 0 aliphatic rings. The van der Waals surface area contributed by atoms with E-state index in [0.717, 1.165) is 5.56 Å². The largest absolute Gasteiger partial charge is 0.364 e. The van der Waals surface area contributed by atoms with E-state index in [1.807, 2.05) is 0 Å². The third-order valence-electron chi connectivity index (χ3n) is 2.01. The van der Waals surface area contributed by atoms with Crippen LogP contribution in [-0.2, 0) is 16.0 Å². The monoisotopic (exact) mass is 242 g/mol. The summed E-state index contributed by atoms with van der Waals surface area (Å²) in [6, 6.07) is 0. The number of carbonyl (C=O) groups excluding carboxylic acids is 2. The number of hydrogen-bond acceptors (Lipinski definition) is 4. The minimum absolute atomic E-state index is 0.0500. The van der Waals surface area contributed by atoms with Crippen molar-refractivity contribution in [1.82, 2.24) is 10.5 Å². The molecule has 0 aliphatic heterocycles. The zero-order valence-corrected chi connectivity index (χ0v) is 9.70. The maximum absolute atomic E-state index is 11.3. The number of nitrogens with one attached hydrogen (secondary N) is 1. The predicted molar refractivity (Wildman–Crippen MR) is 61.1 cm³/mol. The lowest BCUT2D eigenvalue weighted by Gasteiger charge is -2.02. The summed E-state index contributed by atoms with van der Waals surface area (Å²) >= 11 is 3.62. The van der Waals surface area contributed by atoms with Gasteiger partial charge in [-0.05, 0) is 12.8 Å². The van der Waals surface area contributed by atoms with Crippen molar-refractivity contribution >= 4 is 23.7 Å². The number of carbonyl (C=O) groups is 2. The number of hydrogen-bond donors (Lipinski definition) is 2. The molecule has 0 aromatic carbocycles. The number of aromatic nitrogens is 1. The van der Waals surface area contributed by atoms with Gasteiger partial charge in [-0.15, -0.1) is 12.6 Å². The lowest BCUT2D eigenvalue weighted by molar-refractivity contribution is -0.121. The summed E-state index contributed by atoms with van der Waals surface area (Å²) in [5.41, 5.74) is 0.950. The van der Waals surface area contributed by atoms with E-state index >= 15 is 0 Å². The molecule has 0 unspecified atom stereocenters. The molecule has 1 rings (SSSR count). The molecule has 1 heterocycles. The van der Waals surface area contributed by atoms with E-state index in [4.69, 9.17) is 0 Å². The summed E-state index contributed by atoms with van der Waals surface area (Å²) in [5, 5.41) is 6.12. The van der Waals surface area contributed by atoms with Gasteiger partial charge in [0.1, 0.15) is 6.26 Å². The Kier molecular flexibility index (Phi) is 5.63. The Morgan fingerprint density at radius 3 is 2.88 bits per heavy atom. The van der Waals surface area contributed by atoms with E-state index in [9.17, 15) is 9.59 Å². The third kappa shape index (κ3) is 5.55. The lowest BCUT2D eigenvalue weighted by Crippen LogP contribution is -2.25. The van der Waals surface area contributed by atoms with Gasteiger partial charge in [0, 0.05) is 24.9 Å². The summed E-state index contributed by atoms with van der Waals surface area (Å²) in [7, 11) is 0. The predicted octanol–water partition coefficient (Wildman–Crippen LogP) is 0.960. The van der Waals surface area contributed by atoms with E-state index in [-0.39, 0.29) is 11.0 Å². The molecule has 1 N–H and O–H groups in total. The maximum Gasteiger partial charge on any atom is 0.220 e. The van der Waals surface area contributed by atoms with Gasteiger partial charge in [-0.25, -0.2) is 0 Å². The van der Waals surface area contributed by atoms with Crippen LogP contribution in [0.4, 0.5) is 0 Å². The lowest BCUT2D eigenvalue weighted by atomic mass is 10.2. The van der Waals surface area contributed by atoms with Crippen molar-refractivity contribution in [2.24, 2.45) is 0 Å². The van der Waals surface area contributed by atoms with Gasteiger partial charge in [0.25, 0.3) is 0 Å². The van der Waals surface area contributed by atoms with Crippen molar-refractivity contribution in [2.75, 3.05) is 6.54 Å². The molecule has 16 heavy (non-hydrogen) atoms. The molecule has 0 aliphatic carbocycles. The van der Waals surface area contributed by atoms with Crippen LogP contribution in [0.5, 0.6) is 0 Å². The van der Waals surface area contributed by atoms with Crippen LogP contribution < -0.4 is 5.32 Å². The van der Waals surface area contributed by atoms with Crippen molar-refractivity contribution < 1.29 is 14.1 Å². The fourth-order valence-corrected chi connectivity index (χ4v) is 1.34. The van der Waals surface area contributed by atoms with E-state index in [0.29, 0.717) is 32.2 Å². The van der Waals surface area contributed by atoms with E-state index in [1.54, 1.807) is 12.5 Å². The van der Waals surface area contributed by atoms with Crippen molar-refractivity contribution in [3.63, 3.8) is 0 Å². The SMILES string of the molecule is O=C(S)CCCC(=O)NCCc1cnoc1. The summed E-state index contributed by atoms with van der Waals surface area (Å²) in [6.45, 7) is 0.550. The highest BCUT2D eigenvalue weighted by Crippen LogP contribution is 1.99. The summed E-state index contributed by atoms with van der Waals surface area (Å²) in [4.78, 5) is 21.8. The van der Waals surface area contributed by atoms with Gasteiger partial charge in [-0.3, -0.25) is 9.59 Å². The van der Waals surface area contributed by atoms with Crippen LogP contribution in [0.15, 0.2) is 17.0 Å². The number of thiol groups is 1. The molecular weight excluding hydrogens is 228 g/mol. The van der Waals surface area contributed by atoms with Crippen LogP contribution in [0, 0.1) is 0 Å². The molecule has 6 heteroatoms. The number of nitrogens with zero attached hydrogens (tertiary/aromatic N) is 1. The zero-order valence-electron chi connectivity index (χ0n) is 8.81. The first-order chi connectivity index (χ1) is 7.68. The third-order valence-corrected chi connectivity index (χ3v) is 2.24. The minimum atomic E-state index is -0.183. The fraction of sp³-hybridized carbons (Fsp3) is 0.500. The Morgan fingerprint density at radius 2 is 2.25 bits per heavy atom. The first kappa shape index (κ1) is 12.8. The van der Waals surface area contributed by atoms with Gasteiger partial charge in [0.15, 0.2) is 5.12 Å². The molecule has 0 saturated heterocycles. The summed E-state index contributed by atoms with van der Waals surface area (Å²) in [5.74, 6) is -0.0500. The normalized spacial score (nSPS) is 10.1. The van der Waals surface area contributed by atoms with Gasteiger partial charge < -0.3 is 9.84 Å². The van der Waals surface area contributed by atoms with Gasteiger partial charge >= 0.3 is 0 Å². The molecule has 5 nitrogen and oxygen atoms in total. The Morgan fingerprint density at radius 1 is 1.44 bits per heavy atom. The van der Waals surface area contributed by atoms with Crippen molar-refractivity contribution in [1.29, 1.82) is 0 Å². The smallest absolute Gasteiger partial charge is 0.220 e. The first-order valence-electron chi connectivity index (χ1n) is 5.05. The molecule has 0 spiro atoms. The van der Waals surface area contributed by atoms with Gasteiger partial charge in [0.2, 0.25) is 5.91 Å².